The maximum Gasteiger partial charge on any atom is 0.329 e. The van der Waals surface area contributed by atoms with Crippen LogP contribution in [-0.2, 0) is 9.59 Å². The highest BCUT2D eigenvalue weighted by Crippen LogP contribution is 2.25. The molecule has 0 saturated heterocycles. The lowest BCUT2D eigenvalue weighted by Crippen LogP contribution is -2.29. The lowest BCUT2D eigenvalue weighted by Gasteiger charge is -2.10. The van der Waals surface area contributed by atoms with E-state index in [0.29, 0.717) is 24.8 Å². The quantitative estimate of drug-likeness (QED) is 0.0450. The van der Waals surface area contributed by atoms with Gasteiger partial charge in [0.05, 0.1) is 6.61 Å². The minimum Gasteiger partial charge on any atom is -0.494 e. The van der Waals surface area contributed by atoms with E-state index in [4.69, 9.17) is 9.47 Å². The number of unbranched alkanes of at least 4 members (excludes halogenated alkanes) is 10. The summed E-state index contributed by atoms with van der Waals surface area (Å²) < 4.78 is 11.4. The average molecular weight is 584 g/mol. The van der Waals surface area contributed by atoms with Gasteiger partial charge in [0.25, 0.3) is 0 Å². The van der Waals surface area contributed by atoms with Crippen LogP contribution >= 0.6 is 0 Å². The molecule has 0 unspecified atom stereocenters. The number of ether oxygens (including phenoxy) is 2. The number of hydrogen-bond acceptors (Lipinski definition) is 6. The van der Waals surface area contributed by atoms with Gasteiger partial charge in [-0.15, -0.1) is 0 Å². The molecule has 0 aliphatic heterocycles. The maximum atomic E-state index is 12.1. The third-order valence-corrected chi connectivity index (χ3v) is 8.18. The molecule has 3 N–H and O–H groups in total. The van der Waals surface area contributed by atoms with Crippen LogP contribution < -0.4 is 14.8 Å². The fraction of sp³-hybridized carbons (Fsp3) is 0.515. The molecule has 1 amide bonds. The second kappa shape index (κ2) is 20.0. The second-order valence-electron chi connectivity index (χ2n) is 10.8. The monoisotopic (exact) mass is 583 g/mol. The van der Waals surface area contributed by atoms with Crippen molar-refractivity contribution in [3.63, 3.8) is 0 Å². The van der Waals surface area contributed by atoms with Gasteiger partial charge in [-0.25, -0.2) is 0 Å². The van der Waals surface area contributed by atoms with E-state index in [1.54, 1.807) is 6.55 Å². The van der Waals surface area contributed by atoms with Crippen LogP contribution in [0, 0.1) is 0 Å². The van der Waals surface area contributed by atoms with Gasteiger partial charge in [0, 0.05) is 13.0 Å². The summed E-state index contributed by atoms with van der Waals surface area (Å²) in [6, 6.07) is 16.2. The standard InChI is InChI=1S/C33H49NO6Si/c1-3-32(35)34-25-13-11-12-16-33(36)40-31-23-19-29(20-24-31)28-17-21-30(22-18-28)39-26-14-9-7-5-4-6-8-10-15-27-41(2,37)38/h3,17-24,37-38H,1,4-16,25-27H2,2H3,(H,34,35). The van der Waals surface area contributed by atoms with E-state index in [1.165, 1.54) is 44.6 Å². The Morgan fingerprint density at radius 1 is 0.756 bits per heavy atom. The van der Waals surface area contributed by atoms with Gasteiger partial charge in [-0.05, 0) is 73.3 Å². The van der Waals surface area contributed by atoms with Crippen molar-refractivity contribution in [2.45, 2.75) is 96.1 Å². The minimum atomic E-state index is -2.84. The molecule has 0 aromatic heterocycles. The van der Waals surface area contributed by atoms with E-state index < -0.39 is 8.56 Å². The Labute approximate surface area is 247 Å². The van der Waals surface area contributed by atoms with Crippen molar-refractivity contribution in [3.05, 3.63) is 61.2 Å². The molecule has 8 heteroatoms. The summed E-state index contributed by atoms with van der Waals surface area (Å²) in [5, 5.41) is 2.72. The first-order valence-corrected chi connectivity index (χ1v) is 17.8. The fourth-order valence-corrected chi connectivity index (χ4v) is 5.41. The molecule has 7 nitrogen and oxygen atoms in total. The van der Waals surface area contributed by atoms with Crippen LogP contribution in [0.15, 0.2) is 61.2 Å². The van der Waals surface area contributed by atoms with Gasteiger partial charge in [-0.1, -0.05) is 88.6 Å². The number of esters is 1. The normalized spacial score (nSPS) is 11.2. The summed E-state index contributed by atoms with van der Waals surface area (Å²) in [5.41, 5.74) is 2.11. The largest absolute Gasteiger partial charge is 0.494 e. The number of carbonyl (C=O) groups excluding carboxylic acids is 2. The number of rotatable bonds is 22. The van der Waals surface area contributed by atoms with Gasteiger partial charge in [-0.3, -0.25) is 9.59 Å². The molecule has 0 bridgehead atoms. The Balaban J connectivity index is 1.54. The zero-order valence-corrected chi connectivity index (χ0v) is 25.7. The molecule has 0 heterocycles. The Hall–Kier alpha value is -2.94. The van der Waals surface area contributed by atoms with Gasteiger partial charge in [0.1, 0.15) is 11.5 Å². The van der Waals surface area contributed by atoms with Crippen LogP contribution in [0.5, 0.6) is 11.5 Å². The molecule has 2 aromatic carbocycles. The second-order valence-corrected chi connectivity index (χ2v) is 13.8. The van der Waals surface area contributed by atoms with E-state index in [1.807, 2.05) is 48.5 Å². The maximum absolute atomic E-state index is 12.1. The summed E-state index contributed by atoms with van der Waals surface area (Å²) in [6.07, 6.45) is 14.4. The van der Waals surface area contributed by atoms with Crippen LogP contribution in [0.4, 0.5) is 0 Å². The Morgan fingerprint density at radius 3 is 1.83 bits per heavy atom. The lowest BCUT2D eigenvalue weighted by atomic mass is 10.1. The predicted molar refractivity (Wildman–Crippen MR) is 167 cm³/mol. The van der Waals surface area contributed by atoms with Gasteiger partial charge in [0.2, 0.25) is 5.91 Å². The first kappa shape index (κ1) is 34.3. The molecule has 0 aliphatic rings. The zero-order chi connectivity index (χ0) is 29.8. The van der Waals surface area contributed by atoms with Crippen molar-refractivity contribution in [2.24, 2.45) is 0 Å². The first-order valence-electron chi connectivity index (χ1n) is 15.2. The number of amides is 1. The summed E-state index contributed by atoms with van der Waals surface area (Å²) >= 11 is 0. The van der Waals surface area contributed by atoms with Gasteiger partial charge >= 0.3 is 14.5 Å². The zero-order valence-electron chi connectivity index (χ0n) is 24.7. The summed E-state index contributed by atoms with van der Waals surface area (Å²) in [4.78, 5) is 42.1. The van der Waals surface area contributed by atoms with Crippen LogP contribution in [-0.4, -0.2) is 43.2 Å². The Bertz CT molecular complexity index is 1020. The summed E-state index contributed by atoms with van der Waals surface area (Å²) in [6.45, 7) is 6.29. The minimum absolute atomic E-state index is 0.178. The molecule has 226 valence electrons. The Morgan fingerprint density at radius 2 is 1.27 bits per heavy atom. The van der Waals surface area contributed by atoms with Crippen LogP contribution in [0.3, 0.4) is 0 Å². The van der Waals surface area contributed by atoms with Crippen LogP contribution in [0.1, 0.15) is 83.5 Å². The number of carbonyl (C=O) groups is 2. The van der Waals surface area contributed by atoms with Crippen LogP contribution in [0.2, 0.25) is 12.6 Å². The number of nitrogens with one attached hydrogen (secondary N) is 1. The first-order chi connectivity index (χ1) is 19.8. The third kappa shape index (κ3) is 16.8. The van der Waals surface area contributed by atoms with Crippen molar-refractivity contribution >= 4 is 20.4 Å². The molecule has 2 rings (SSSR count). The van der Waals surface area contributed by atoms with Crippen molar-refractivity contribution in [1.82, 2.24) is 5.32 Å². The van der Waals surface area contributed by atoms with E-state index in [-0.39, 0.29) is 11.9 Å². The SMILES string of the molecule is C=CC(=O)NCCCCCC(=O)Oc1ccc(-c2ccc(OCCCCCCCCCCC[Si](C)(O)O)cc2)cc1. The molecule has 0 spiro atoms. The van der Waals surface area contributed by atoms with Gasteiger partial charge in [0.15, 0.2) is 0 Å². The van der Waals surface area contributed by atoms with Crippen molar-refractivity contribution in [3.8, 4) is 22.6 Å². The van der Waals surface area contributed by atoms with Crippen molar-refractivity contribution in [2.75, 3.05) is 13.2 Å². The number of benzene rings is 2. The summed E-state index contributed by atoms with van der Waals surface area (Å²) in [7, 11) is -2.84. The molecule has 0 saturated carbocycles. The highest BCUT2D eigenvalue weighted by molar-refractivity contribution is 6.63. The molecular weight excluding hydrogens is 534 g/mol. The highest BCUT2D eigenvalue weighted by atomic mass is 28.4. The molecule has 0 fully saturated rings. The van der Waals surface area contributed by atoms with E-state index >= 15 is 0 Å². The predicted octanol–water partition coefficient (Wildman–Crippen LogP) is 7.07. The van der Waals surface area contributed by atoms with Crippen molar-refractivity contribution in [1.29, 1.82) is 0 Å². The fourth-order valence-electron chi connectivity index (χ4n) is 4.49. The molecule has 0 aliphatic carbocycles. The molecule has 0 atom stereocenters. The molecule has 41 heavy (non-hydrogen) atoms. The molecule has 2 aromatic rings. The van der Waals surface area contributed by atoms with Crippen molar-refractivity contribution < 1.29 is 28.7 Å². The van der Waals surface area contributed by atoms with E-state index in [0.717, 1.165) is 62.0 Å². The third-order valence-electron chi connectivity index (χ3n) is 6.88. The molecular formula is C33H49NO6Si. The van der Waals surface area contributed by atoms with Crippen LogP contribution in [0.25, 0.3) is 11.1 Å². The Kier molecular flexibility index (Phi) is 16.7. The summed E-state index contributed by atoms with van der Waals surface area (Å²) in [5.74, 6) is 0.972. The average Bonchev–Trinajstić information content (AvgIpc) is 2.95. The topological polar surface area (TPSA) is 105 Å². The highest BCUT2D eigenvalue weighted by Gasteiger charge is 2.19. The van der Waals surface area contributed by atoms with E-state index in [9.17, 15) is 19.2 Å². The number of hydrogen-bond donors (Lipinski definition) is 3. The van der Waals surface area contributed by atoms with Gasteiger partial charge < -0.3 is 24.4 Å². The lowest BCUT2D eigenvalue weighted by molar-refractivity contribution is -0.134. The van der Waals surface area contributed by atoms with E-state index in [2.05, 4.69) is 11.9 Å². The smallest absolute Gasteiger partial charge is 0.329 e. The van der Waals surface area contributed by atoms with Gasteiger partial charge in [-0.2, -0.15) is 0 Å². The molecule has 0 radical (unpaired) electrons.